The lowest BCUT2D eigenvalue weighted by atomic mass is 9.97. The summed E-state index contributed by atoms with van der Waals surface area (Å²) in [5.74, 6) is 0.146. The normalized spacial score (nSPS) is 9.80. The quantitative estimate of drug-likeness (QED) is 0.448. The van der Waals surface area contributed by atoms with Crippen LogP contribution in [0.2, 0.25) is 0 Å². The average Bonchev–Trinajstić information content (AvgIpc) is 2.58. The van der Waals surface area contributed by atoms with E-state index in [1.807, 2.05) is 24.3 Å². The van der Waals surface area contributed by atoms with E-state index in [-0.39, 0.29) is 24.7 Å². The highest BCUT2D eigenvalue weighted by molar-refractivity contribution is 5.85. The smallest absolute Gasteiger partial charge is 0.325 e. The number of benzene rings is 2. The largest absolute Gasteiger partial charge is 0.508 e. The van der Waals surface area contributed by atoms with Crippen molar-refractivity contribution in [3.8, 4) is 22.6 Å². The number of halogens is 1. The van der Waals surface area contributed by atoms with Crippen molar-refractivity contribution in [2.24, 2.45) is 5.73 Å². The molecule has 0 aliphatic heterocycles. The minimum absolute atomic E-state index is 0. The van der Waals surface area contributed by atoms with Crippen LogP contribution in [0.1, 0.15) is 11.1 Å². The molecule has 0 fully saturated rings. The van der Waals surface area contributed by atoms with Crippen LogP contribution >= 0.6 is 12.4 Å². The molecule has 2 rings (SSSR count). The molecular formula is C20H22ClNO3. The van der Waals surface area contributed by atoms with E-state index in [1.165, 1.54) is 0 Å². The fourth-order valence-electron chi connectivity index (χ4n) is 2.42. The molecule has 0 aliphatic carbocycles. The van der Waals surface area contributed by atoms with Crippen molar-refractivity contribution >= 4 is 18.4 Å². The van der Waals surface area contributed by atoms with E-state index < -0.39 is 5.97 Å². The summed E-state index contributed by atoms with van der Waals surface area (Å²) in [5.41, 5.74) is 8.75. The Hall–Kier alpha value is -2.56. The fraction of sp³-hybridized carbons (Fsp3) is 0.150. The standard InChI is InChI=1S/C20H21NO3.ClH/c1-3-5-14-7-10-19(24-20(23)13-21)17(11-14)15-8-9-18(22)16(12-15)6-4-2;/h3-4,7-12,22H,1-2,5-6,13,21H2;1H. The van der Waals surface area contributed by atoms with E-state index in [4.69, 9.17) is 10.5 Å². The van der Waals surface area contributed by atoms with Gasteiger partial charge in [-0.2, -0.15) is 0 Å². The van der Waals surface area contributed by atoms with Gasteiger partial charge >= 0.3 is 5.97 Å². The van der Waals surface area contributed by atoms with Crippen molar-refractivity contribution in [2.45, 2.75) is 12.8 Å². The first kappa shape index (κ1) is 20.5. The van der Waals surface area contributed by atoms with Gasteiger partial charge in [-0.15, -0.1) is 25.6 Å². The second kappa shape index (κ2) is 9.67. The van der Waals surface area contributed by atoms with Gasteiger partial charge in [0.2, 0.25) is 0 Å². The van der Waals surface area contributed by atoms with Gasteiger partial charge in [0, 0.05) is 5.56 Å². The molecule has 0 spiro atoms. The van der Waals surface area contributed by atoms with E-state index >= 15 is 0 Å². The predicted molar refractivity (Wildman–Crippen MR) is 103 cm³/mol. The number of ether oxygens (including phenoxy) is 1. The average molecular weight is 360 g/mol. The Kier molecular flexibility index (Phi) is 7.92. The summed E-state index contributed by atoms with van der Waals surface area (Å²) in [5, 5.41) is 9.94. The zero-order chi connectivity index (χ0) is 17.5. The van der Waals surface area contributed by atoms with Crippen molar-refractivity contribution in [2.75, 3.05) is 6.54 Å². The third kappa shape index (κ3) is 5.21. The van der Waals surface area contributed by atoms with E-state index in [0.29, 0.717) is 18.6 Å². The molecule has 0 aromatic heterocycles. The third-order valence-corrected chi connectivity index (χ3v) is 3.57. The molecule has 0 unspecified atom stereocenters. The molecular weight excluding hydrogens is 338 g/mol. The van der Waals surface area contributed by atoms with Crippen LogP contribution in [0.15, 0.2) is 61.7 Å². The number of allylic oxidation sites excluding steroid dienone is 2. The first-order valence-electron chi connectivity index (χ1n) is 7.66. The SMILES string of the molecule is C=CCc1ccc(OC(=O)CN)c(-c2ccc(O)c(CC=C)c2)c1.Cl. The highest BCUT2D eigenvalue weighted by Gasteiger charge is 2.12. The molecule has 0 saturated carbocycles. The molecule has 3 N–H and O–H groups in total. The van der Waals surface area contributed by atoms with Crippen LogP contribution < -0.4 is 10.5 Å². The number of rotatable bonds is 7. The number of hydrogen-bond donors (Lipinski definition) is 2. The molecule has 0 saturated heterocycles. The molecule has 5 heteroatoms. The van der Waals surface area contributed by atoms with Crippen LogP contribution in [-0.4, -0.2) is 17.6 Å². The summed E-state index contributed by atoms with van der Waals surface area (Å²) in [7, 11) is 0. The van der Waals surface area contributed by atoms with Crippen LogP contribution in [0, 0.1) is 0 Å². The van der Waals surface area contributed by atoms with Crippen molar-refractivity contribution in [1.29, 1.82) is 0 Å². The van der Waals surface area contributed by atoms with Crippen LogP contribution in [0.4, 0.5) is 0 Å². The van der Waals surface area contributed by atoms with Crippen molar-refractivity contribution in [3.05, 3.63) is 72.8 Å². The van der Waals surface area contributed by atoms with Gasteiger partial charge in [0.05, 0.1) is 6.54 Å². The number of phenols is 1. The Morgan fingerprint density at radius 2 is 1.84 bits per heavy atom. The minimum Gasteiger partial charge on any atom is -0.508 e. The summed E-state index contributed by atoms with van der Waals surface area (Å²) in [6.07, 6.45) is 4.78. The molecule has 0 radical (unpaired) electrons. The topological polar surface area (TPSA) is 72.5 Å². The Morgan fingerprint density at radius 3 is 2.48 bits per heavy atom. The summed E-state index contributed by atoms with van der Waals surface area (Å²) >= 11 is 0. The zero-order valence-electron chi connectivity index (χ0n) is 13.9. The van der Waals surface area contributed by atoms with Crippen LogP contribution in [0.25, 0.3) is 11.1 Å². The zero-order valence-corrected chi connectivity index (χ0v) is 14.7. The molecule has 0 bridgehead atoms. The first-order valence-corrected chi connectivity index (χ1v) is 7.66. The van der Waals surface area contributed by atoms with E-state index in [0.717, 1.165) is 22.3 Å². The monoisotopic (exact) mass is 359 g/mol. The van der Waals surface area contributed by atoms with Crippen molar-refractivity contribution < 1.29 is 14.6 Å². The van der Waals surface area contributed by atoms with Crippen LogP contribution in [0.3, 0.4) is 0 Å². The maximum atomic E-state index is 11.6. The van der Waals surface area contributed by atoms with Gasteiger partial charge in [-0.25, -0.2) is 0 Å². The Labute approximate surface area is 154 Å². The van der Waals surface area contributed by atoms with Crippen molar-refractivity contribution in [1.82, 2.24) is 0 Å². The Bertz CT molecular complexity index is 772. The fourth-order valence-corrected chi connectivity index (χ4v) is 2.42. The predicted octanol–water partition coefficient (Wildman–Crippen LogP) is 3.80. The number of nitrogens with two attached hydrogens (primary N) is 1. The molecule has 0 atom stereocenters. The molecule has 2 aromatic rings. The van der Waals surface area contributed by atoms with E-state index in [1.54, 1.807) is 24.3 Å². The molecule has 2 aromatic carbocycles. The molecule has 0 amide bonds. The lowest BCUT2D eigenvalue weighted by Crippen LogP contribution is -2.19. The molecule has 25 heavy (non-hydrogen) atoms. The number of esters is 1. The van der Waals surface area contributed by atoms with E-state index in [9.17, 15) is 9.90 Å². The summed E-state index contributed by atoms with van der Waals surface area (Å²) in [6, 6.07) is 10.9. The van der Waals surface area contributed by atoms with Crippen molar-refractivity contribution in [3.63, 3.8) is 0 Å². The van der Waals surface area contributed by atoms with Gasteiger partial charge in [-0.1, -0.05) is 24.3 Å². The van der Waals surface area contributed by atoms with Gasteiger partial charge in [-0.3, -0.25) is 4.79 Å². The van der Waals surface area contributed by atoms with Gasteiger partial charge in [0.25, 0.3) is 0 Å². The number of phenolic OH excluding ortho intramolecular Hbond substituents is 1. The summed E-state index contributed by atoms with van der Waals surface area (Å²) < 4.78 is 5.34. The van der Waals surface area contributed by atoms with Crippen LogP contribution in [0.5, 0.6) is 11.5 Å². The van der Waals surface area contributed by atoms with Crippen LogP contribution in [-0.2, 0) is 17.6 Å². The highest BCUT2D eigenvalue weighted by Crippen LogP contribution is 2.34. The lowest BCUT2D eigenvalue weighted by Gasteiger charge is -2.13. The second-order valence-corrected chi connectivity index (χ2v) is 5.34. The Balaban J connectivity index is 0.00000312. The maximum absolute atomic E-state index is 11.6. The molecule has 0 aliphatic rings. The number of aromatic hydroxyl groups is 1. The number of carbonyl (C=O) groups excluding carboxylic acids is 1. The van der Waals surface area contributed by atoms with Gasteiger partial charge in [0.1, 0.15) is 11.5 Å². The third-order valence-electron chi connectivity index (χ3n) is 3.57. The second-order valence-electron chi connectivity index (χ2n) is 5.34. The van der Waals surface area contributed by atoms with Gasteiger partial charge in [0.15, 0.2) is 0 Å². The lowest BCUT2D eigenvalue weighted by molar-refractivity contribution is -0.132. The minimum atomic E-state index is -0.502. The van der Waals surface area contributed by atoms with Gasteiger partial charge in [-0.05, 0) is 53.8 Å². The number of carbonyl (C=O) groups is 1. The molecule has 4 nitrogen and oxygen atoms in total. The molecule has 0 heterocycles. The van der Waals surface area contributed by atoms with Gasteiger partial charge < -0.3 is 15.6 Å². The summed E-state index contributed by atoms with van der Waals surface area (Å²) in [4.78, 5) is 11.6. The Morgan fingerprint density at radius 1 is 1.12 bits per heavy atom. The maximum Gasteiger partial charge on any atom is 0.325 e. The highest BCUT2D eigenvalue weighted by atomic mass is 35.5. The molecule has 132 valence electrons. The van der Waals surface area contributed by atoms with E-state index in [2.05, 4.69) is 13.2 Å². The first-order chi connectivity index (χ1) is 11.6. The summed E-state index contributed by atoms with van der Waals surface area (Å²) in [6.45, 7) is 7.26. The number of hydrogen-bond acceptors (Lipinski definition) is 4.